The minimum absolute atomic E-state index is 0.00117. The van der Waals surface area contributed by atoms with Crippen molar-refractivity contribution in [3.8, 4) is 0 Å². The van der Waals surface area contributed by atoms with Gasteiger partial charge in [-0.15, -0.1) is 0 Å². The van der Waals surface area contributed by atoms with Crippen LogP contribution in [-0.2, 0) is 22.9 Å². The second kappa shape index (κ2) is 20.7. The molecule has 0 saturated carbocycles. The van der Waals surface area contributed by atoms with E-state index in [0.717, 1.165) is 37.7 Å². The molecule has 6 nitrogen and oxygen atoms in total. The number of Topliss-reactive ketones (excluding diaryl/α,β-unsaturated/α-hetero) is 1. The summed E-state index contributed by atoms with van der Waals surface area (Å²) in [5.74, 6) is 0.0230. The number of nitrogens with zero attached hydrogens (tertiary/aromatic N) is 1. The molecule has 1 aromatic heterocycles. The van der Waals surface area contributed by atoms with Gasteiger partial charge in [-0.2, -0.15) is 0 Å². The summed E-state index contributed by atoms with van der Waals surface area (Å²) in [5, 5.41) is 0.0632. The Hall–Kier alpha value is -1.50. The fourth-order valence-electron chi connectivity index (χ4n) is 6.35. The number of aromatic nitrogens is 1. The zero-order chi connectivity index (χ0) is 43.7. The lowest BCUT2D eigenvalue weighted by Crippen LogP contribution is -2.54. The molecule has 0 aliphatic heterocycles. The number of rotatable bonds is 22. The molecule has 0 saturated heterocycles. The summed E-state index contributed by atoms with van der Waals surface area (Å²) >= 11 is 0. The number of pyridine rings is 1. The van der Waals surface area contributed by atoms with Gasteiger partial charge in [0.05, 0.1) is 24.0 Å². The highest BCUT2D eigenvalue weighted by atomic mass is 28.4. The van der Waals surface area contributed by atoms with Crippen LogP contribution in [-0.4, -0.2) is 60.3 Å². The zero-order valence-electron chi connectivity index (χ0n) is 40.2. The fraction of sp³-hybridized carbons (Fsp3) is 0.766. The van der Waals surface area contributed by atoms with E-state index in [0.29, 0.717) is 6.42 Å². The van der Waals surface area contributed by atoms with Crippen LogP contribution >= 0.6 is 0 Å². The highest BCUT2D eigenvalue weighted by molar-refractivity contribution is 6.75. The predicted octanol–water partition coefficient (Wildman–Crippen LogP) is 14.0. The van der Waals surface area contributed by atoms with Gasteiger partial charge in [0, 0.05) is 24.0 Å². The molecule has 0 N–H and O–H groups in total. The van der Waals surface area contributed by atoms with Crippen LogP contribution in [0.3, 0.4) is 0 Å². The molecule has 5 atom stereocenters. The Morgan fingerprint density at radius 2 is 1.30 bits per heavy atom. The molecule has 1 rings (SSSR count). The van der Waals surface area contributed by atoms with Crippen LogP contribution in [0.25, 0.3) is 6.08 Å². The lowest BCUT2D eigenvalue weighted by atomic mass is 9.71. The first-order valence-corrected chi connectivity index (χ1v) is 30.2. The second-order valence-electron chi connectivity index (χ2n) is 21.9. The monoisotopic (exact) mass is 830 g/mol. The topological polar surface area (TPSA) is 74.7 Å². The molecular formula is C47H87NO5Si3. The van der Waals surface area contributed by atoms with Crippen molar-refractivity contribution in [2.24, 2.45) is 17.3 Å². The van der Waals surface area contributed by atoms with Crippen molar-refractivity contribution in [1.29, 1.82) is 0 Å². The Bertz CT molecular complexity index is 1440. The molecule has 322 valence electrons. The van der Waals surface area contributed by atoms with Crippen molar-refractivity contribution >= 4 is 43.1 Å². The number of carbonyl (C=O) groups is 2. The van der Waals surface area contributed by atoms with Gasteiger partial charge in [0.1, 0.15) is 12.1 Å². The van der Waals surface area contributed by atoms with Crippen molar-refractivity contribution in [3.05, 3.63) is 47.3 Å². The average molecular weight is 830 g/mol. The third-order valence-electron chi connectivity index (χ3n) is 13.7. The molecule has 0 radical (unpaired) electrons. The average Bonchev–Trinajstić information content (AvgIpc) is 3.04. The van der Waals surface area contributed by atoms with Crippen LogP contribution in [0, 0.1) is 17.3 Å². The maximum Gasteiger partial charge on any atom is 0.192 e. The summed E-state index contributed by atoms with van der Waals surface area (Å²) in [5.41, 5.74) is 2.65. The number of allylic oxidation sites excluding steroid dienone is 1. The molecule has 0 bridgehead atoms. The maximum absolute atomic E-state index is 14.9. The largest absolute Gasteiger partial charge is 0.413 e. The first-order valence-electron chi connectivity index (χ1n) is 21.5. The van der Waals surface area contributed by atoms with E-state index in [1.165, 1.54) is 11.1 Å². The van der Waals surface area contributed by atoms with Gasteiger partial charge in [0.15, 0.2) is 25.0 Å². The van der Waals surface area contributed by atoms with Crippen LogP contribution < -0.4 is 0 Å². The highest BCUT2D eigenvalue weighted by Crippen LogP contribution is 2.45. The molecular weight excluding hydrogens is 743 g/mol. The van der Waals surface area contributed by atoms with Gasteiger partial charge in [0.2, 0.25) is 0 Å². The van der Waals surface area contributed by atoms with Gasteiger partial charge in [-0.05, 0) is 130 Å². The van der Waals surface area contributed by atoms with Gasteiger partial charge in [-0.25, -0.2) is 0 Å². The molecule has 1 aromatic rings. The predicted molar refractivity (Wildman–Crippen MR) is 249 cm³/mol. The van der Waals surface area contributed by atoms with Crippen LogP contribution in [0.1, 0.15) is 148 Å². The van der Waals surface area contributed by atoms with Crippen molar-refractivity contribution in [2.75, 3.05) is 0 Å². The van der Waals surface area contributed by atoms with E-state index in [4.69, 9.17) is 13.3 Å². The fourth-order valence-corrected chi connectivity index (χ4v) is 10.6. The van der Waals surface area contributed by atoms with Gasteiger partial charge < -0.3 is 18.1 Å². The lowest BCUT2D eigenvalue weighted by Gasteiger charge is -2.47. The van der Waals surface area contributed by atoms with Crippen molar-refractivity contribution in [3.63, 3.8) is 0 Å². The van der Waals surface area contributed by atoms with Crippen LogP contribution in [0.15, 0.2) is 41.6 Å². The minimum atomic E-state index is -2.26. The van der Waals surface area contributed by atoms with Gasteiger partial charge in [-0.1, -0.05) is 108 Å². The van der Waals surface area contributed by atoms with E-state index in [1.807, 2.05) is 38.2 Å². The number of ketones is 1. The summed E-state index contributed by atoms with van der Waals surface area (Å²) in [6.07, 6.45) is 11.2. The summed E-state index contributed by atoms with van der Waals surface area (Å²) in [6.45, 7) is 46.7. The van der Waals surface area contributed by atoms with E-state index >= 15 is 0 Å². The van der Waals surface area contributed by atoms with E-state index in [1.54, 1.807) is 0 Å². The Labute approximate surface area is 349 Å². The van der Waals surface area contributed by atoms with E-state index < -0.39 is 36.5 Å². The van der Waals surface area contributed by atoms with E-state index in [9.17, 15) is 9.59 Å². The molecule has 0 amide bonds. The first-order chi connectivity index (χ1) is 25.3. The van der Waals surface area contributed by atoms with Gasteiger partial charge in [0.25, 0.3) is 0 Å². The summed E-state index contributed by atoms with van der Waals surface area (Å²) in [7, 11) is -6.53. The quantitative estimate of drug-likeness (QED) is 0.0658. The number of aldehydes is 1. The minimum Gasteiger partial charge on any atom is -0.413 e. The number of carbonyl (C=O) groups excluding carboxylic acids is 2. The molecule has 1 heterocycles. The van der Waals surface area contributed by atoms with Crippen molar-refractivity contribution in [1.82, 2.24) is 4.98 Å². The van der Waals surface area contributed by atoms with E-state index in [-0.39, 0.29) is 51.4 Å². The van der Waals surface area contributed by atoms with Crippen LogP contribution in [0.2, 0.25) is 54.4 Å². The summed E-state index contributed by atoms with van der Waals surface area (Å²) < 4.78 is 21.2. The van der Waals surface area contributed by atoms with Crippen LogP contribution in [0.5, 0.6) is 0 Å². The summed E-state index contributed by atoms with van der Waals surface area (Å²) in [4.78, 5) is 31.5. The third kappa shape index (κ3) is 15.0. The Morgan fingerprint density at radius 3 is 1.77 bits per heavy atom. The highest BCUT2D eigenvalue weighted by Gasteiger charge is 2.50. The molecule has 0 spiro atoms. The standard InChI is InChI=1S/C47H87NO5Si3/c1-22-39(43(50)47(14,15)41(31-33-49)52-55(18,19)45(8,9)10)42(53-56(20,21)46(11,12)13)36(3)27-25-26-35(2)29-30-40(51-54(16,17)44(5,6)7)37(4)34-38-28-23-24-32-48-38/h23-24,28-29,32-34,36,39-42H,22,25-27,30-31H2,1-21H3/t36-,39+,40-,41-,42-/m0/s1. The Balaban J connectivity index is 3.41. The molecule has 0 fully saturated rings. The smallest absolute Gasteiger partial charge is 0.192 e. The lowest BCUT2D eigenvalue weighted by molar-refractivity contribution is -0.142. The van der Waals surface area contributed by atoms with Crippen LogP contribution in [0.4, 0.5) is 0 Å². The van der Waals surface area contributed by atoms with E-state index in [2.05, 4.69) is 146 Å². The molecule has 0 unspecified atom stereocenters. The number of hydrogen-bond donors (Lipinski definition) is 0. The zero-order valence-corrected chi connectivity index (χ0v) is 43.2. The van der Waals surface area contributed by atoms with Crippen molar-refractivity contribution in [2.45, 2.75) is 215 Å². The first kappa shape index (κ1) is 52.5. The molecule has 9 heteroatoms. The van der Waals surface area contributed by atoms with Crippen molar-refractivity contribution < 1.29 is 22.9 Å². The SMILES string of the molecule is CC[C@@H](C(=O)C(C)(C)[C@H](CC=O)O[Si](C)(C)C(C)(C)C)[C@@H](O[Si](C)(C)C(C)(C)C)[C@@H](C)CCCC(C)=CC[C@H](O[Si](C)(C)C(C)(C)C)C(C)=Cc1ccccn1. The molecule has 0 aliphatic carbocycles. The summed E-state index contributed by atoms with van der Waals surface area (Å²) in [6, 6.07) is 6.02. The molecule has 0 aromatic carbocycles. The normalized spacial score (nSPS) is 17.3. The number of hydrogen-bond acceptors (Lipinski definition) is 6. The second-order valence-corrected chi connectivity index (χ2v) is 36.1. The third-order valence-corrected chi connectivity index (χ3v) is 27.1. The molecule has 0 aliphatic rings. The maximum atomic E-state index is 14.9. The Kier molecular flexibility index (Phi) is 19.4. The van der Waals surface area contributed by atoms with Gasteiger partial charge in [-0.3, -0.25) is 9.78 Å². The van der Waals surface area contributed by atoms with Gasteiger partial charge >= 0.3 is 0 Å². The molecule has 56 heavy (non-hydrogen) atoms. The Morgan fingerprint density at radius 1 is 0.786 bits per heavy atom.